The van der Waals surface area contributed by atoms with E-state index in [-0.39, 0.29) is 18.9 Å². The van der Waals surface area contributed by atoms with Crippen LogP contribution in [-0.2, 0) is 13.8 Å². The Hall–Kier alpha value is -0.390. The molecule has 1 aliphatic heterocycles. The summed E-state index contributed by atoms with van der Waals surface area (Å²) in [6.07, 6.45) is 5.09. The molecule has 0 aromatic carbocycles. The van der Waals surface area contributed by atoms with Crippen LogP contribution in [0.2, 0.25) is 0 Å². The number of ether oxygens (including phenoxy) is 1. The van der Waals surface area contributed by atoms with Crippen LogP contribution in [0.25, 0.3) is 0 Å². The van der Waals surface area contributed by atoms with Crippen molar-refractivity contribution in [2.45, 2.75) is 32.1 Å². The fourth-order valence-electron chi connectivity index (χ4n) is 1.62. The second-order valence-corrected chi connectivity index (χ2v) is 4.96. The monoisotopic (exact) mass is 251 g/mol. The zero-order chi connectivity index (χ0) is 12.2. The third kappa shape index (κ3) is 4.63. The van der Waals surface area contributed by atoms with Crippen LogP contribution in [0.1, 0.15) is 19.8 Å². The third-order valence-corrected chi connectivity index (χ3v) is 2.84. The van der Waals surface area contributed by atoms with Gasteiger partial charge in [-0.2, -0.15) is 0 Å². The molecule has 1 saturated heterocycles. The van der Waals surface area contributed by atoms with E-state index in [4.69, 9.17) is 14.5 Å². The van der Waals surface area contributed by atoms with Gasteiger partial charge >= 0.3 is 7.82 Å². The number of hydrogen-bond donors (Lipinski definition) is 2. The maximum absolute atomic E-state index is 10.5. The van der Waals surface area contributed by atoms with Crippen molar-refractivity contribution in [3.8, 4) is 0 Å². The van der Waals surface area contributed by atoms with Crippen LogP contribution in [0.5, 0.6) is 0 Å². The average molecular weight is 251 g/mol. The van der Waals surface area contributed by atoms with Gasteiger partial charge in [0.25, 0.3) is 0 Å². The summed E-state index contributed by atoms with van der Waals surface area (Å²) in [5.41, 5.74) is 0. The normalized spacial score (nSPS) is 26.5. The summed E-state index contributed by atoms with van der Waals surface area (Å²) >= 11 is 0. The zero-order valence-corrected chi connectivity index (χ0v) is 10.3. The van der Waals surface area contributed by atoms with Gasteiger partial charge in [0.15, 0.2) is 0 Å². The van der Waals surface area contributed by atoms with Gasteiger partial charge in [-0.05, 0) is 26.0 Å². The Morgan fingerprint density at radius 2 is 2.25 bits per heavy atom. The molecule has 1 heterocycles. The summed E-state index contributed by atoms with van der Waals surface area (Å²) in [5, 5.41) is 0. The topological polar surface area (TPSA) is 79.2 Å². The third-order valence-electron chi connectivity index (χ3n) is 2.35. The van der Waals surface area contributed by atoms with Crippen molar-refractivity contribution in [2.75, 3.05) is 13.7 Å². The molecule has 2 N–H and O–H groups in total. The van der Waals surface area contributed by atoms with Crippen LogP contribution < -0.4 is 0 Å². The van der Waals surface area contributed by atoms with Gasteiger partial charge in [-0.3, -0.25) is 4.52 Å². The average Bonchev–Trinajstić information content (AvgIpc) is 2.62. The van der Waals surface area contributed by atoms with Gasteiger partial charge in [0.1, 0.15) is 6.23 Å². The van der Waals surface area contributed by atoms with Gasteiger partial charge in [-0.25, -0.2) is 4.57 Å². The highest BCUT2D eigenvalue weighted by molar-refractivity contribution is 7.46. The lowest BCUT2D eigenvalue weighted by Gasteiger charge is -2.22. The first-order chi connectivity index (χ1) is 7.42. The molecule has 0 amide bonds. The van der Waals surface area contributed by atoms with E-state index in [1.807, 2.05) is 31.1 Å². The molecule has 6 nitrogen and oxygen atoms in total. The first-order valence-electron chi connectivity index (χ1n) is 5.12. The lowest BCUT2D eigenvalue weighted by Crippen LogP contribution is -2.28. The Balaban J connectivity index is 2.32. The first-order valence-corrected chi connectivity index (χ1v) is 6.65. The van der Waals surface area contributed by atoms with Gasteiger partial charge in [-0.15, -0.1) is 0 Å². The molecule has 0 bridgehead atoms. The maximum Gasteiger partial charge on any atom is 0.469 e. The highest BCUT2D eigenvalue weighted by atomic mass is 31.2. The number of nitrogens with zero attached hydrogens (tertiary/aromatic N) is 1. The molecule has 0 saturated carbocycles. The Morgan fingerprint density at radius 1 is 1.56 bits per heavy atom. The first kappa shape index (κ1) is 13.7. The second-order valence-electron chi connectivity index (χ2n) is 3.72. The molecule has 0 aromatic rings. The number of hydrogen-bond acceptors (Lipinski definition) is 4. The molecule has 1 rings (SSSR count). The number of phosphoric ester groups is 1. The van der Waals surface area contributed by atoms with Gasteiger partial charge in [0.05, 0.1) is 12.7 Å². The van der Waals surface area contributed by atoms with E-state index in [1.54, 1.807) is 0 Å². The van der Waals surface area contributed by atoms with E-state index < -0.39 is 7.82 Å². The van der Waals surface area contributed by atoms with Gasteiger partial charge < -0.3 is 19.4 Å². The highest BCUT2D eigenvalue weighted by Crippen LogP contribution is 2.37. The molecular formula is C9H18NO5P. The standard InChI is InChI=1S/C9H18NO5P/c1-3-6-10(2)9-5-4-8(15-9)7-14-16(11,12)13/h3,6,8-9H,4-5,7H2,1-2H3,(H2,11,12,13)/b6-3-. The second kappa shape index (κ2) is 5.80. The van der Waals surface area contributed by atoms with Crippen LogP contribution in [0.15, 0.2) is 12.3 Å². The molecular weight excluding hydrogens is 233 g/mol. The lowest BCUT2D eigenvalue weighted by molar-refractivity contribution is -0.0414. The maximum atomic E-state index is 10.5. The smallest absolute Gasteiger partial charge is 0.356 e. The molecule has 94 valence electrons. The molecule has 2 atom stereocenters. The van der Waals surface area contributed by atoms with E-state index in [9.17, 15) is 4.57 Å². The molecule has 0 aromatic heterocycles. The minimum absolute atomic E-state index is 0.0402. The predicted octanol–water partition coefficient (Wildman–Crippen LogP) is 1.07. The van der Waals surface area contributed by atoms with E-state index in [0.717, 1.165) is 12.8 Å². The fourth-order valence-corrected chi connectivity index (χ4v) is 1.98. The van der Waals surface area contributed by atoms with Crippen molar-refractivity contribution in [3.05, 3.63) is 12.3 Å². The van der Waals surface area contributed by atoms with Crippen molar-refractivity contribution < 1.29 is 23.6 Å². The summed E-state index contributed by atoms with van der Waals surface area (Å²) in [7, 11) is -2.48. The quantitative estimate of drug-likeness (QED) is 0.711. The van der Waals surface area contributed by atoms with E-state index in [0.29, 0.717) is 0 Å². The van der Waals surface area contributed by atoms with Crippen molar-refractivity contribution >= 4 is 7.82 Å². The lowest BCUT2D eigenvalue weighted by atomic mass is 10.2. The summed E-state index contributed by atoms with van der Waals surface area (Å²) in [6.45, 7) is 1.85. The molecule has 0 radical (unpaired) electrons. The van der Waals surface area contributed by atoms with Crippen molar-refractivity contribution in [2.24, 2.45) is 0 Å². The van der Waals surface area contributed by atoms with E-state index in [1.165, 1.54) is 0 Å². The Morgan fingerprint density at radius 3 is 2.81 bits per heavy atom. The largest absolute Gasteiger partial charge is 0.469 e. The molecule has 0 aliphatic carbocycles. The zero-order valence-electron chi connectivity index (χ0n) is 9.44. The Labute approximate surface area is 95.1 Å². The van der Waals surface area contributed by atoms with E-state index >= 15 is 0 Å². The van der Waals surface area contributed by atoms with Gasteiger partial charge in [0.2, 0.25) is 0 Å². The van der Waals surface area contributed by atoms with Gasteiger partial charge in [-0.1, -0.05) is 6.08 Å². The molecule has 7 heteroatoms. The van der Waals surface area contributed by atoms with Crippen molar-refractivity contribution in [1.29, 1.82) is 0 Å². The number of allylic oxidation sites excluding steroid dienone is 1. The molecule has 0 spiro atoms. The van der Waals surface area contributed by atoms with Crippen molar-refractivity contribution in [3.63, 3.8) is 0 Å². The Bertz CT molecular complexity index is 290. The summed E-state index contributed by atoms with van der Waals surface area (Å²) in [5.74, 6) is 0. The predicted molar refractivity (Wildman–Crippen MR) is 58.5 cm³/mol. The molecule has 1 aliphatic rings. The summed E-state index contributed by atoms with van der Waals surface area (Å²) < 4.78 is 20.5. The van der Waals surface area contributed by atoms with Gasteiger partial charge in [0, 0.05) is 7.05 Å². The van der Waals surface area contributed by atoms with Crippen LogP contribution in [0, 0.1) is 0 Å². The van der Waals surface area contributed by atoms with Crippen LogP contribution in [0.4, 0.5) is 0 Å². The van der Waals surface area contributed by atoms with Crippen molar-refractivity contribution in [1.82, 2.24) is 4.90 Å². The van der Waals surface area contributed by atoms with Crippen LogP contribution >= 0.6 is 7.82 Å². The minimum atomic E-state index is -4.38. The number of rotatable bonds is 5. The molecule has 1 fully saturated rings. The highest BCUT2D eigenvalue weighted by Gasteiger charge is 2.29. The fraction of sp³-hybridized carbons (Fsp3) is 0.778. The van der Waals surface area contributed by atoms with Crippen LogP contribution in [0.3, 0.4) is 0 Å². The number of phosphoric acid groups is 1. The molecule has 16 heavy (non-hydrogen) atoms. The minimum Gasteiger partial charge on any atom is -0.356 e. The van der Waals surface area contributed by atoms with Crippen LogP contribution in [-0.4, -0.2) is 40.7 Å². The summed E-state index contributed by atoms with van der Waals surface area (Å²) in [4.78, 5) is 19.0. The SMILES string of the molecule is C/C=C\N(C)C1CCC(COP(=O)(O)O)O1. The summed E-state index contributed by atoms with van der Waals surface area (Å²) in [6, 6.07) is 0. The molecule has 2 unspecified atom stereocenters. The Kier molecular flexibility index (Phi) is 4.95. The van der Waals surface area contributed by atoms with E-state index in [2.05, 4.69) is 4.52 Å².